The Kier molecular flexibility index (Phi) is 3.06. The Balaban J connectivity index is 1.86. The van der Waals surface area contributed by atoms with Gasteiger partial charge in [-0.3, -0.25) is 4.79 Å². The topological polar surface area (TPSA) is 66.6 Å². The summed E-state index contributed by atoms with van der Waals surface area (Å²) in [5.74, 6) is 0.115. The molecule has 4 heteroatoms. The third kappa shape index (κ3) is 2.09. The van der Waals surface area contributed by atoms with Crippen molar-refractivity contribution in [1.29, 1.82) is 0 Å². The monoisotopic (exact) mass is 268 g/mol. The van der Waals surface area contributed by atoms with Crippen molar-refractivity contribution in [1.82, 2.24) is 0 Å². The van der Waals surface area contributed by atoms with Gasteiger partial charge >= 0.3 is 0 Å². The zero-order chi connectivity index (χ0) is 14.1. The molecule has 0 spiro atoms. The highest BCUT2D eigenvalue weighted by molar-refractivity contribution is 6.00. The number of benzene rings is 2. The number of hydrogen-bond donors (Lipinski definition) is 2. The SMILES string of the molecule is Nc1cccc2c1N(C(=O)Cc1ccccc1O)CC2. The molecular weight excluding hydrogens is 252 g/mol. The molecule has 0 saturated carbocycles. The highest BCUT2D eigenvalue weighted by Gasteiger charge is 2.26. The first-order valence-corrected chi connectivity index (χ1v) is 6.61. The summed E-state index contributed by atoms with van der Waals surface area (Å²) in [6, 6.07) is 12.6. The minimum Gasteiger partial charge on any atom is -0.508 e. The van der Waals surface area contributed by atoms with Crippen molar-refractivity contribution in [3.05, 3.63) is 53.6 Å². The Morgan fingerprint density at radius 1 is 1.20 bits per heavy atom. The van der Waals surface area contributed by atoms with Gasteiger partial charge in [0.25, 0.3) is 0 Å². The summed E-state index contributed by atoms with van der Waals surface area (Å²) in [4.78, 5) is 14.2. The van der Waals surface area contributed by atoms with Crippen LogP contribution in [0.5, 0.6) is 5.75 Å². The lowest BCUT2D eigenvalue weighted by Gasteiger charge is -2.19. The van der Waals surface area contributed by atoms with E-state index in [1.165, 1.54) is 0 Å². The van der Waals surface area contributed by atoms with Crippen LogP contribution in [0, 0.1) is 0 Å². The first kappa shape index (κ1) is 12.5. The fourth-order valence-electron chi connectivity index (χ4n) is 2.65. The molecule has 0 saturated heterocycles. The number of hydrogen-bond acceptors (Lipinski definition) is 3. The molecule has 2 aromatic carbocycles. The van der Waals surface area contributed by atoms with Gasteiger partial charge in [-0.15, -0.1) is 0 Å². The Hall–Kier alpha value is -2.49. The van der Waals surface area contributed by atoms with Gasteiger partial charge in [-0.25, -0.2) is 0 Å². The van der Waals surface area contributed by atoms with Crippen LogP contribution in [0.1, 0.15) is 11.1 Å². The molecule has 0 fully saturated rings. The van der Waals surface area contributed by atoms with Crippen molar-refractivity contribution in [2.45, 2.75) is 12.8 Å². The van der Waals surface area contributed by atoms with Crippen LogP contribution in [-0.2, 0) is 17.6 Å². The number of fused-ring (bicyclic) bond motifs is 1. The number of nitrogens with zero attached hydrogens (tertiary/aromatic N) is 1. The highest BCUT2D eigenvalue weighted by atomic mass is 16.3. The van der Waals surface area contributed by atoms with Crippen LogP contribution in [0.3, 0.4) is 0 Å². The number of rotatable bonds is 2. The van der Waals surface area contributed by atoms with Crippen LogP contribution in [0.15, 0.2) is 42.5 Å². The number of phenolic OH excluding ortho intramolecular Hbond substituents is 1. The maximum absolute atomic E-state index is 12.4. The second-order valence-electron chi connectivity index (χ2n) is 4.96. The summed E-state index contributed by atoms with van der Waals surface area (Å²) in [7, 11) is 0. The quantitative estimate of drug-likeness (QED) is 0.820. The Morgan fingerprint density at radius 2 is 2.00 bits per heavy atom. The minimum absolute atomic E-state index is 0.0387. The predicted molar refractivity (Wildman–Crippen MR) is 78.7 cm³/mol. The zero-order valence-electron chi connectivity index (χ0n) is 11.0. The van der Waals surface area contributed by atoms with Crippen LogP contribution in [0.25, 0.3) is 0 Å². The van der Waals surface area contributed by atoms with Crippen LogP contribution < -0.4 is 10.6 Å². The van der Waals surface area contributed by atoms with E-state index in [0.717, 1.165) is 17.7 Å². The molecule has 3 rings (SSSR count). The van der Waals surface area contributed by atoms with Gasteiger partial charge in [0.05, 0.1) is 17.8 Å². The van der Waals surface area contributed by atoms with E-state index in [-0.39, 0.29) is 18.1 Å². The lowest BCUT2D eigenvalue weighted by atomic mass is 10.1. The van der Waals surface area contributed by atoms with Crippen molar-refractivity contribution in [3.8, 4) is 5.75 Å². The summed E-state index contributed by atoms with van der Waals surface area (Å²) in [6.45, 7) is 0.649. The highest BCUT2D eigenvalue weighted by Crippen LogP contribution is 2.34. The van der Waals surface area contributed by atoms with E-state index < -0.39 is 0 Å². The third-order valence-corrected chi connectivity index (χ3v) is 3.66. The fourth-order valence-corrected chi connectivity index (χ4v) is 2.65. The summed E-state index contributed by atoms with van der Waals surface area (Å²) in [5, 5.41) is 9.76. The van der Waals surface area contributed by atoms with E-state index in [1.54, 1.807) is 23.1 Å². The molecule has 1 heterocycles. The number of nitrogen functional groups attached to an aromatic ring is 1. The van der Waals surface area contributed by atoms with Gasteiger partial charge in [0.2, 0.25) is 5.91 Å². The number of carbonyl (C=O) groups is 1. The van der Waals surface area contributed by atoms with E-state index in [9.17, 15) is 9.90 Å². The van der Waals surface area contributed by atoms with Gasteiger partial charge in [0.15, 0.2) is 0 Å². The summed E-state index contributed by atoms with van der Waals surface area (Å²) >= 11 is 0. The van der Waals surface area contributed by atoms with Crippen molar-refractivity contribution < 1.29 is 9.90 Å². The minimum atomic E-state index is -0.0387. The van der Waals surface area contributed by atoms with E-state index in [0.29, 0.717) is 17.8 Å². The summed E-state index contributed by atoms with van der Waals surface area (Å²) in [5.41, 5.74) is 9.18. The average molecular weight is 268 g/mol. The third-order valence-electron chi connectivity index (χ3n) is 3.66. The van der Waals surface area contributed by atoms with E-state index >= 15 is 0 Å². The fraction of sp³-hybridized carbons (Fsp3) is 0.188. The molecule has 0 bridgehead atoms. The van der Waals surface area contributed by atoms with Crippen LogP contribution in [0.4, 0.5) is 11.4 Å². The number of phenols is 1. The van der Waals surface area contributed by atoms with Gasteiger partial charge < -0.3 is 15.7 Å². The van der Waals surface area contributed by atoms with Crippen molar-refractivity contribution >= 4 is 17.3 Å². The van der Waals surface area contributed by atoms with E-state index in [1.807, 2.05) is 24.3 Å². The molecule has 0 aromatic heterocycles. The second-order valence-corrected chi connectivity index (χ2v) is 4.96. The molecular formula is C16H16N2O2. The molecule has 0 unspecified atom stereocenters. The van der Waals surface area contributed by atoms with Gasteiger partial charge in [-0.1, -0.05) is 30.3 Å². The molecule has 2 aromatic rings. The molecule has 0 radical (unpaired) electrons. The van der Waals surface area contributed by atoms with Crippen LogP contribution in [-0.4, -0.2) is 17.6 Å². The molecule has 1 aliphatic rings. The molecule has 0 atom stereocenters. The number of amides is 1. The van der Waals surface area contributed by atoms with Gasteiger partial charge in [0.1, 0.15) is 5.75 Å². The number of anilines is 2. The number of carbonyl (C=O) groups excluding carboxylic acids is 1. The average Bonchev–Trinajstić information content (AvgIpc) is 2.87. The molecule has 3 N–H and O–H groups in total. The first-order valence-electron chi connectivity index (χ1n) is 6.61. The number of para-hydroxylation sites is 2. The number of aromatic hydroxyl groups is 1. The van der Waals surface area contributed by atoms with Crippen molar-refractivity contribution in [3.63, 3.8) is 0 Å². The predicted octanol–water partition coefficient (Wildman–Crippen LogP) is 2.11. The normalized spacial score (nSPS) is 13.3. The second kappa shape index (κ2) is 4.89. The summed E-state index contributed by atoms with van der Waals surface area (Å²) < 4.78 is 0. The standard InChI is InChI=1S/C16H16N2O2/c17-13-6-3-5-11-8-9-18(16(11)13)15(20)10-12-4-1-2-7-14(12)19/h1-7,19H,8-10,17H2. The first-order chi connectivity index (χ1) is 9.66. The van der Waals surface area contributed by atoms with E-state index in [2.05, 4.69) is 0 Å². The summed E-state index contributed by atoms with van der Waals surface area (Å²) in [6.07, 6.45) is 1.01. The largest absolute Gasteiger partial charge is 0.508 e. The van der Waals surface area contributed by atoms with Gasteiger partial charge in [0, 0.05) is 12.1 Å². The van der Waals surface area contributed by atoms with Crippen molar-refractivity contribution in [2.75, 3.05) is 17.2 Å². The molecule has 4 nitrogen and oxygen atoms in total. The van der Waals surface area contributed by atoms with Crippen LogP contribution >= 0.6 is 0 Å². The smallest absolute Gasteiger partial charge is 0.231 e. The lowest BCUT2D eigenvalue weighted by Crippen LogP contribution is -2.30. The lowest BCUT2D eigenvalue weighted by molar-refractivity contribution is -0.117. The number of nitrogens with two attached hydrogens (primary N) is 1. The molecule has 1 aliphatic heterocycles. The zero-order valence-corrected chi connectivity index (χ0v) is 11.0. The molecule has 1 amide bonds. The van der Waals surface area contributed by atoms with Crippen molar-refractivity contribution in [2.24, 2.45) is 0 Å². The van der Waals surface area contributed by atoms with E-state index in [4.69, 9.17) is 5.73 Å². The Labute approximate surface area is 117 Å². The molecule has 20 heavy (non-hydrogen) atoms. The van der Waals surface area contributed by atoms with Crippen LogP contribution in [0.2, 0.25) is 0 Å². The Morgan fingerprint density at radius 3 is 2.80 bits per heavy atom. The van der Waals surface area contributed by atoms with Gasteiger partial charge in [-0.05, 0) is 24.1 Å². The maximum atomic E-state index is 12.4. The molecule has 0 aliphatic carbocycles. The van der Waals surface area contributed by atoms with Gasteiger partial charge in [-0.2, -0.15) is 0 Å². The molecule has 102 valence electrons. The maximum Gasteiger partial charge on any atom is 0.231 e. The Bertz CT molecular complexity index is 667.